The average Bonchev–Trinajstić information content (AvgIpc) is 2.78. The van der Waals surface area contributed by atoms with Crippen LogP contribution in [0.15, 0.2) is 23.1 Å². The van der Waals surface area contributed by atoms with Gasteiger partial charge in [0.1, 0.15) is 4.32 Å². The van der Waals surface area contributed by atoms with Crippen LogP contribution in [0, 0.1) is 0 Å². The second kappa shape index (κ2) is 8.16. The highest BCUT2D eigenvalue weighted by atomic mass is 32.2. The van der Waals surface area contributed by atoms with Crippen LogP contribution in [0.25, 0.3) is 6.08 Å². The molecule has 2 N–H and O–H groups in total. The number of phenolic OH excluding ortho intramolecular Hbond substituents is 1. The van der Waals surface area contributed by atoms with Crippen molar-refractivity contribution in [2.75, 3.05) is 13.2 Å². The number of aromatic hydroxyl groups is 1. The zero-order chi connectivity index (χ0) is 17.7. The Morgan fingerprint density at radius 3 is 2.88 bits per heavy atom. The quantitative estimate of drug-likeness (QED) is 0.566. The number of hydrogen-bond acceptors (Lipinski definition) is 6. The van der Waals surface area contributed by atoms with Gasteiger partial charge in [-0.25, -0.2) is 0 Å². The molecule has 1 fully saturated rings. The summed E-state index contributed by atoms with van der Waals surface area (Å²) in [5.74, 6) is -0.871. The number of para-hydroxylation sites is 1. The van der Waals surface area contributed by atoms with E-state index in [9.17, 15) is 14.7 Å². The number of phenols is 1. The first-order valence-electron chi connectivity index (χ1n) is 7.36. The van der Waals surface area contributed by atoms with Crippen LogP contribution < -0.4 is 4.74 Å². The average molecular weight is 367 g/mol. The summed E-state index contributed by atoms with van der Waals surface area (Å²) in [6.45, 7) is 2.50. The molecular weight excluding hydrogens is 350 g/mol. The smallest absolute Gasteiger partial charge is 0.303 e. The lowest BCUT2D eigenvalue weighted by Gasteiger charge is -2.13. The third-order valence-electron chi connectivity index (χ3n) is 3.26. The van der Waals surface area contributed by atoms with Crippen molar-refractivity contribution >= 4 is 46.3 Å². The van der Waals surface area contributed by atoms with Crippen molar-refractivity contribution in [1.29, 1.82) is 0 Å². The lowest BCUT2D eigenvalue weighted by molar-refractivity contribution is -0.137. The van der Waals surface area contributed by atoms with E-state index >= 15 is 0 Å². The molecule has 0 aliphatic carbocycles. The first kappa shape index (κ1) is 18.3. The summed E-state index contributed by atoms with van der Waals surface area (Å²) < 4.78 is 5.71. The number of amides is 1. The Labute approximate surface area is 149 Å². The number of nitrogens with zero attached hydrogens (tertiary/aromatic N) is 1. The van der Waals surface area contributed by atoms with Crippen LogP contribution in [0.2, 0.25) is 0 Å². The molecule has 128 valence electrons. The number of hydrogen-bond donors (Lipinski definition) is 2. The first-order valence-corrected chi connectivity index (χ1v) is 8.58. The molecule has 0 radical (unpaired) electrons. The second-order valence-electron chi connectivity index (χ2n) is 4.96. The lowest BCUT2D eigenvalue weighted by atomic mass is 10.1. The molecule has 24 heavy (non-hydrogen) atoms. The Kier molecular flexibility index (Phi) is 6.22. The van der Waals surface area contributed by atoms with Crippen molar-refractivity contribution in [3.63, 3.8) is 0 Å². The van der Waals surface area contributed by atoms with Gasteiger partial charge in [0.15, 0.2) is 11.5 Å². The van der Waals surface area contributed by atoms with Gasteiger partial charge in [0, 0.05) is 18.5 Å². The van der Waals surface area contributed by atoms with Crippen molar-refractivity contribution < 1.29 is 24.5 Å². The minimum Gasteiger partial charge on any atom is -0.504 e. The van der Waals surface area contributed by atoms with Crippen molar-refractivity contribution in [1.82, 2.24) is 4.90 Å². The summed E-state index contributed by atoms with van der Waals surface area (Å²) in [6.07, 6.45) is 1.88. The maximum absolute atomic E-state index is 12.4. The number of carboxylic acid groups (broad SMARTS) is 1. The highest BCUT2D eigenvalue weighted by molar-refractivity contribution is 8.26. The number of benzene rings is 1. The minimum absolute atomic E-state index is 0.0205. The van der Waals surface area contributed by atoms with Crippen molar-refractivity contribution in [2.45, 2.75) is 19.8 Å². The molecule has 0 saturated carbocycles. The Bertz CT molecular complexity index is 702. The summed E-state index contributed by atoms with van der Waals surface area (Å²) in [5, 5.41) is 18.9. The molecule has 1 saturated heterocycles. The second-order valence-corrected chi connectivity index (χ2v) is 6.63. The van der Waals surface area contributed by atoms with Gasteiger partial charge in [0.2, 0.25) is 0 Å². The molecule has 1 amide bonds. The van der Waals surface area contributed by atoms with Gasteiger partial charge in [0.25, 0.3) is 5.91 Å². The highest BCUT2D eigenvalue weighted by Crippen LogP contribution is 2.36. The molecule has 0 atom stereocenters. The highest BCUT2D eigenvalue weighted by Gasteiger charge is 2.31. The van der Waals surface area contributed by atoms with E-state index in [0.29, 0.717) is 33.6 Å². The molecule has 0 bridgehead atoms. The molecule has 0 unspecified atom stereocenters. The van der Waals surface area contributed by atoms with Crippen molar-refractivity contribution in [3.8, 4) is 11.5 Å². The predicted octanol–water partition coefficient (Wildman–Crippen LogP) is 2.86. The van der Waals surface area contributed by atoms with Crippen LogP contribution in [-0.2, 0) is 9.59 Å². The Morgan fingerprint density at radius 1 is 1.46 bits per heavy atom. The van der Waals surface area contributed by atoms with E-state index in [-0.39, 0.29) is 24.6 Å². The molecule has 1 aliphatic heterocycles. The molecule has 1 aromatic rings. The summed E-state index contributed by atoms with van der Waals surface area (Å²) >= 11 is 6.32. The van der Waals surface area contributed by atoms with Gasteiger partial charge in [-0.1, -0.05) is 36.1 Å². The number of thiocarbonyl (C=S) groups is 1. The largest absolute Gasteiger partial charge is 0.504 e. The number of carbonyl (C=O) groups excluding carboxylic acids is 1. The number of carboxylic acids is 1. The van der Waals surface area contributed by atoms with Crippen molar-refractivity contribution in [2.24, 2.45) is 0 Å². The topological polar surface area (TPSA) is 87.1 Å². The molecule has 1 aromatic carbocycles. The Morgan fingerprint density at radius 2 is 2.21 bits per heavy atom. The standard InChI is InChI=1S/C16H17NO5S2/c1-2-22-11-6-3-5-10(14(11)20)9-12-15(21)17(16(23)24-12)8-4-7-13(18)19/h3,5-6,9,20H,2,4,7-8H2,1H3,(H,18,19)/b12-9-. The van der Waals surface area contributed by atoms with Gasteiger partial charge in [-0.3, -0.25) is 14.5 Å². The number of carbonyl (C=O) groups is 2. The van der Waals surface area contributed by atoms with Crippen LogP contribution in [0.1, 0.15) is 25.3 Å². The van der Waals surface area contributed by atoms with E-state index in [1.807, 2.05) is 6.92 Å². The van der Waals surface area contributed by atoms with Gasteiger partial charge in [-0.05, 0) is 25.5 Å². The third-order valence-corrected chi connectivity index (χ3v) is 4.64. The van der Waals surface area contributed by atoms with Crippen LogP contribution in [0.3, 0.4) is 0 Å². The number of ether oxygens (including phenoxy) is 1. The Balaban J connectivity index is 2.16. The molecule has 1 heterocycles. The van der Waals surface area contributed by atoms with Gasteiger partial charge < -0.3 is 14.9 Å². The van der Waals surface area contributed by atoms with E-state index in [1.54, 1.807) is 24.3 Å². The zero-order valence-corrected chi connectivity index (χ0v) is 14.7. The van der Waals surface area contributed by atoms with Gasteiger partial charge in [-0.15, -0.1) is 0 Å². The molecule has 6 nitrogen and oxygen atoms in total. The van der Waals surface area contributed by atoms with Gasteiger partial charge in [-0.2, -0.15) is 0 Å². The lowest BCUT2D eigenvalue weighted by Crippen LogP contribution is -2.29. The minimum atomic E-state index is -0.909. The van der Waals surface area contributed by atoms with E-state index in [4.69, 9.17) is 22.1 Å². The van der Waals surface area contributed by atoms with E-state index < -0.39 is 5.97 Å². The van der Waals surface area contributed by atoms with Gasteiger partial charge >= 0.3 is 5.97 Å². The SMILES string of the molecule is CCOc1cccc(/C=C2\SC(=S)N(CCCC(=O)O)C2=O)c1O. The summed E-state index contributed by atoms with van der Waals surface area (Å²) in [5.41, 5.74) is 0.465. The van der Waals surface area contributed by atoms with E-state index in [1.165, 1.54) is 4.90 Å². The first-order chi connectivity index (χ1) is 11.4. The van der Waals surface area contributed by atoms with Crippen LogP contribution >= 0.6 is 24.0 Å². The van der Waals surface area contributed by atoms with Gasteiger partial charge in [0.05, 0.1) is 11.5 Å². The molecule has 0 aromatic heterocycles. The normalized spacial score (nSPS) is 16.0. The molecule has 0 spiro atoms. The summed E-state index contributed by atoms with van der Waals surface area (Å²) in [7, 11) is 0. The van der Waals surface area contributed by atoms with E-state index in [0.717, 1.165) is 11.8 Å². The number of rotatable bonds is 7. The Hall–Kier alpha value is -2.06. The fourth-order valence-electron chi connectivity index (χ4n) is 2.15. The molecule has 2 rings (SSSR count). The fourth-order valence-corrected chi connectivity index (χ4v) is 3.45. The summed E-state index contributed by atoms with van der Waals surface area (Å²) in [4.78, 5) is 24.8. The van der Waals surface area contributed by atoms with Crippen LogP contribution in [0.5, 0.6) is 11.5 Å². The maximum Gasteiger partial charge on any atom is 0.303 e. The molecular formula is C16H17NO5S2. The van der Waals surface area contributed by atoms with Crippen molar-refractivity contribution in [3.05, 3.63) is 28.7 Å². The maximum atomic E-state index is 12.4. The third kappa shape index (κ3) is 4.27. The van der Waals surface area contributed by atoms with Crippen LogP contribution in [0.4, 0.5) is 0 Å². The van der Waals surface area contributed by atoms with Crippen LogP contribution in [-0.4, -0.2) is 44.5 Å². The molecule has 8 heteroatoms. The number of thioether (sulfide) groups is 1. The van der Waals surface area contributed by atoms with E-state index in [2.05, 4.69) is 0 Å². The predicted molar refractivity (Wildman–Crippen MR) is 96.0 cm³/mol. The molecule has 1 aliphatic rings. The number of aliphatic carboxylic acids is 1. The monoisotopic (exact) mass is 367 g/mol. The zero-order valence-electron chi connectivity index (χ0n) is 13.0. The summed E-state index contributed by atoms with van der Waals surface area (Å²) in [6, 6.07) is 5.05. The fraction of sp³-hybridized carbons (Fsp3) is 0.312.